The summed E-state index contributed by atoms with van der Waals surface area (Å²) < 4.78 is 34.5. The van der Waals surface area contributed by atoms with Gasteiger partial charge in [0.2, 0.25) is 10.0 Å². The van der Waals surface area contributed by atoms with E-state index in [1.54, 1.807) is 21.0 Å². The Bertz CT molecular complexity index is 817. The minimum absolute atomic E-state index is 0.276. The average Bonchev–Trinajstić information content (AvgIpc) is 3.00. The second-order valence-corrected chi connectivity index (χ2v) is 7.66. The summed E-state index contributed by atoms with van der Waals surface area (Å²) in [4.78, 5) is 0.276. The van der Waals surface area contributed by atoms with E-state index in [4.69, 9.17) is 4.74 Å². The Balaban J connectivity index is 1.99. The van der Waals surface area contributed by atoms with Crippen molar-refractivity contribution in [1.29, 1.82) is 0 Å². The SMILES string of the molecule is COCc1nn(C)c2c1CN(S(=O)(=O)c1c(C)n[nH]c1C)CC2. The summed E-state index contributed by atoms with van der Waals surface area (Å²) in [7, 11) is -0.0943. The molecule has 126 valence electrons. The van der Waals surface area contributed by atoms with Crippen molar-refractivity contribution in [3.8, 4) is 0 Å². The molecule has 0 spiro atoms. The van der Waals surface area contributed by atoms with Crippen LogP contribution in [0.5, 0.6) is 0 Å². The van der Waals surface area contributed by atoms with Gasteiger partial charge in [0.05, 0.1) is 23.7 Å². The maximum absolute atomic E-state index is 13.0. The first-order valence-corrected chi connectivity index (χ1v) is 8.84. The summed E-state index contributed by atoms with van der Waals surface area (Å²) in [5.74, 6) is 0. The first-order chi connectivity index (χ1) is 10.9. The number of methoxy groups -OCH3 is 1. The van der Waals surface area contributed by atoms with Crippen LogP contribution in [0.1, 0.15) is 28.3 Å². The number of aromatic amines is 1. The Morgan fingerprint density at radius 2 is 2.09 bits per heavy atom. The smallest absolute Gasteiger partial charge is 0.247 e. The van der Waals surface area contributed by atoms with Gasteiger partial charge in [-0.2, -0.15) is 14.5 Å². The van der Waals surface area contributed by atoms with Crippen molar-refractivity contribution < 1.29 is 13.2 Å². The number of sulfonamides is 1. The van der Waals surface area contributed by atoms with Crippen molar-refractivity contribution in [1.82, 2.24) is 24.3 Å². The number of aromatic nitrogens is 4. The third-order valence-electron chi connectivity index (χ3n) is 4.23. The molecule has 1 aliphatic heterocycles. The highest BCUT2D eigenvalue weighted by Crippen LogP contribution is 2.29. The fraction of sp³-hybridized carbons (Fsp3) is 0.571. The third-order valence-corrected chi connectivity index (χ3v) is 6.34. The number of H-pyrrole nitrogens is 1. The Hall–Kier alpha value is -1.71. The van der Waals surface area contributed by atoms with E-state index in [1.165, 1.54) is 4.31 Å². The number of rotatable bonds is 4. The van der Waals surface area contributed by atoms with Gasteiger partial charge in [-0.15, -0.1) is 0 Å². The molecule has 0 aromatic carbocycles. The van der Waals surface area contributed by atoms with Gasteiger partial charge in [-0.1, -0.05) is 0 Å². The lowest BCUT2D eigenvalue weighted by Gasteiger charge is -2.27. The minimum atomic E-state index is -3.58. The highest BCUT2D eigenvalue weighted by Gasteiger charge is 2.34. The van der Waals surface area contributed by atoms with Crippen molar-refractivity contribution in [2.75, 3.05) is 13.7 Å². The van der Waals surface area contributed by atoms with E-state index in [0.29, 0.717) is 37.5 Å². The molecule has 0 radical (unpaired) electrons. The topological polar surface area (TPSA) is 93.1 Å². The molecule has 23 heavy (non-hydrogen) atoms. The molecular weight excluding hydrogens is 318 g/mol. The summed E-state index contributed by atoms with van der Waals surface area (Å²) in [6.07, 6.45) is 0.637. The van der Waals surface area contributed by atoms with Crippen LogP contribution < -0.4 is 0 Å². The van der Waals surface area contributed by atoms with Crippen LogP contribution in [0.25, 0.3) is 0 Å². The van der Waals surface area contributed by atoms with Crippen molar-refractivity contribution in [3.05, 3.63) is 28.3 Å². The van der Waals surface area contributed by atoms with Crippen molar-refractivity contribution in [2.45, 2.75) is 38.3 Å². The van der Waals surface area contributed by atoms with E-state index >= 15 is 0 Å². The summed E-state index contributed by atoms with van der Waals surface area (Å²) in [6.45, 7) is 4.55. The summed E-state index contributed by atoms with van der Waals surface area (Å²) in [5, 5.41) is 11.2. The maximum atomic E-state index is 13.0. The highest BCUT2D eigenvalue weighted by atomic mass is 32.2. The van der Waals surface area contributed by atoms with Gasteiger partial charge in [0.1, 0.15) is 4.90 Å². The number of aryl methyl sites for hydroxylation is 3. The number of hydrogen-bond acceptors (Lipinski definition) is 5. The molecule has 2 aromatic rings. The van der Waals surface area contributed by atoms with E-state index in [1.807, 2.05) is 11.7 Å². The first-order valence-electron chi connectivity index (χ1n) is 7.40. The zero-order valence-electron chi connectivity index (χ0n) is 13.8. The van der Waals surface area contributed by atoms with Crippen LogP contribution in [-0.4, -0.2) is 46.4 Å². The molecule has 0 bridgehead atoms. The fourth-order valence-corrected chi connectivity index (χ4v) is 4.89. The van der Waals surface area contributed by atoms with E-state index in [-0.39, 0.29) is 4.90 Å². The van der Waals surface area contributed by atoms with E-state index in [0.717, 1.165) is 17.0 Å². The lowest BCUT2D eigenvalue weighted by atomic mass is 10.1. The molecule has 1 aliphatic rings. The highest BCUT2D eigenvalue weighted by molar-refractivity contribution is 7.89. The van der Waals surface area contributed by atoms with Crippen LogP contribution in [-0.2, 0) is 41.4 Å². The average molecular weight is 339 g/mol. The second-order valence-electron chi connectivity index (χ2n) is 5.78. The quantitative estimate of drug-likeness (QED) is 0.883. The largest absolute Gasteiger partial charge is 0.378 e. The van der Waals surface area contributed by atoms with Crippen molar-refractivity contribution >= 4 is 10.0 Å². The molecule has 3 heterocycles. The van der Waals surface area contributed by atoms with Crippen LogP contribution in [0.2, 0.25) is 0 Å². The van der Waals surface area contributed by atoms with E-state index in [9.17, 15) is 8.42 Å². The van der Waals surface area contributed by atoms with Crippen LogP contribution in [0, 0.1) is 13.8 Å². The zero-order chi connectivity index (χ0) is 16.8. The molecule has 9 heteroatoms. The van der Waals surface area contributed by atoms with E-state index in [2.05, 4.69) is 15.3 Å². The molecule has 0 atom stereocenters. The molecule has 0 saturated carbocycles. The zero-order valence-corrected chi connectivity index (χ0v) is 14.6. The van der Waals surface area contributed by atoms with Crippen molar-refractivity contribution in [2.24, 2.45) is 7.05 Å². The maximum Gasteiger partial charge on any atom is 0.247 e. The third kappa shape index (κ3) is 2.58. The number of ether oxygens (including phenoxy) is 1. The second kappa shape index (κ2) is 5.73. The standard InChI is InChI=1S/C14H21N5O3S/c1-9-14(10(2)16-15-9)23(20,21)19-6-5-13-11(7-19)12(8-22-4)17-18(13)3/h5-8H2,1-4H3,(H,15,16). The summed E-state index contributed by atoms with van der Waals surface area (Å²) in [6, 6.07) is 0. The predicted molar refractivity (Wildman–Crippen MR) is 83.3 cm³/mol. The number of hydrogen-bond donors (Lipinski definition) is 1. The fourth-order valence-electron chi connectivity index (χ4n) is 3.15. The van der Waals surface area contributed by atoms with Crippen LogP contribution in [0.15, 0.2) is 4.90 Å². The van der Waals surface area contributed by atoms with Crippen LogP contribution in [0.3, 0.4) is 0 Å². The van der Waals surface area contributed by atoms with Gasteiger partial charge in [-0.3, -0.25) is 9.78 Å². The first kappa shape index (κ1) is 16.2. The van der Waals surface area contributed by atoms with Crippen molar-refractivity contribution in [3.63, 3.8) is 0 Å². The monoisotopic (exact) mass is 339 g/mol. The molecule has 0 aliphatic carbocycles. The molecule has 0 amide bonds. The van der Waals surface area contributed by atoms with Gasteiger partial charge in [0.25, 0.3) is 0 Å². The lowest BCUT2D eigenvalue weighted by molar-refractivity contribution is 0.179. The van der Waals surface area contributed by atoms with Gasteiger partial charge in [-0.25, -0.2) is 8.42 Å². The molecule has 0 unspecified atom stereocenters. The number of fused-ring (bicyclic) bond motifs is 1. The van der Waals surface area contributed by atoms with Gasteiger partial charge < -0.3 is 4.74 Å². The summed E-state index contributed by atoms with van der Waals surface area (Å²) >= 11 is 0. The molecule has 2 aromatic heterocycles. The minimum Gasteiger partial charge on any atom is -0.378 e. The van der Waals surface area contributed by atoms with Crippen LogP contribution >= 0.6 is 0 Å². The van der Waals surface area contributed by atoms with E-state index < -0.39 is 10.0 Å². The van der Waals surface area contributed by atoms with Gasteiger partial charge in [0.15, 0.2) is 0 Å². The Morgan fingerprint density at radius 3 is 2.70 bits per heavy atom. The predicted octanol–water partition coefficient (Wildman–Crippen LogP) is 0.653. The molecule has 0 saturated heterocycles. The Morgan fingerprint density at radius 1 is 1.35 bits per heavy atom. The number of nitrogens with one attached hydrogen (secondary N) is 1. The molecule has 0 fully saturated rings. The lowest BCUT2D eigenvalue weighted by Crippen LogP contribution is -2.37. The Kier molecular flexibility index (Phi) is 4.03. The molecule has 3 rings (SSSR count). The Labute approximate surface area is 135 Å². The normalized spacial score (nSPS) is 15.8. The van der Waals surface area contributed by atoms with Gasteiger partial charge >= 0.3 is 0 Å². The molecule has 1 N–H and O–H groups in total. The summed E-state index contributed by atoms with van der Waals surface area (Å²) in [5.41, 5.74) is 3.88. The van der Waals surface area contributed by atoms with Gasteiger partial charge in [-0.05, 0) is 13.8 Å². The van der Waals surface area contributed by atoms with Crippen LogP contribution in [0.4, 0.5) is 0 Å². The van der Waals surface area contributed by atoms with Gasteiger partial charge in [0, 0.05) is 44.9 Å². The molecular formula is C14H21N5O3S. The molecule has 8 nitrogen and oxygen atoms in total. The number of nitrogens with zero attached hydrogens (tertiary/aromatic N) is 4.